The van der Waals surface area contributed by atoms with Crippen LogP contribution in [0, 0.1) is 13.8 Å². The molecule has 0 spiro atoms. The maximum Gasteiger partial charge on any atom is 0.230 e. The fraction of sp³-hybridized carbons (Fsp3) is 0.333. The summed E-state index contributed by atoms with van der Waals surface area (Å²) >= 11 is 0. The predicted molar refractivity (Wildman–Crippen MR) is 63.3 cm³/mol. The van der Waals surface area contributed by atoms with Gasteiger partial charge < -0.3 is 9.63 Å². The highest BCUT2D eigenvalue weighted by Crippen LogP contribution is 2.09. The normalized spacial score (nSPS) is 12.6. The molecule has 0 fully saturated rings. The van der Waals surface area contributed by atoms with Crippen LogP contribution in [-0.2, 0) is 17.3 Å². The third-order valence-electron chi connectivity index (χ3n) is 2.68. The van der Waals surface area contributed by atoms with Crippen LogP contribution >= 0.6 is 0 Å². The van der Waals surface area contributed by atoms with Crippen LogP contribution in [0.1, 0.15) is 11.3 Å². The molecule has 0 aliphatic rings. The van der Waals surface area contributed by atoms with Crippen molar-refractivity contribution in [1.82, 2.24) is 5.27 Å². The van der Waals surface area contributed by atoms with Gasteiger partial charge in [0.1, 0.15) is 0 Å². The first-order valence-corrected chi connectivity index (χ1v) is 6.88. The number of hydrogen-bond acceptors (Lipinski definition) is 4. The predicted octanol–water partition coefficient (Wildman–Crippen LogP) is 0.460. The molecule has 0 aliphatic carbocycles. The summed E-state index contributed by atoms with van der Waals surface area (Å²) in [5.41, 5.74) is 1.56. The van der Waals surface area contributed by atoms with E-state index in [1.165, 1.54) is 4.68 Å². The molecule has 0 bridgehead atoms. The van der Waals surface area contributed by atoms with Crippen molar-refractivity contribution in [2.24, 2.45) is 0 Å². The molecular formula is C12H14N2O3S. The number of hydrogen-bond donors (Lipinski definition) is 0. The zero-order valence-electron chi connectivity index (χ0n) is 10.3. The zero-order valence-corrected chi connectivity index (χ0v) is 11.1. The molecule has 1 aromatic heterocycles. The topological polar surface area (TPSA) is 70.0 Å². The maximum atomic E-state index is 12.0. The molecule has 0 saturated heterocycles. The van der Waals surface area contributed by atoms with Crippen molar-refractivity contribution >= 4 is 10.8 Å². The highest BCUT2D eigenvalue weighted by Gasteiger charge is 2.14. The van der Waals surface area contributed by atoms with Crippen LogP contribution < -0.4 is 9.79 Å². The largest absolute Gasteiger partial charge is 0.539 e. The smallest absolute Gasteiger partial charge is 0.230 e. The summed E-state index contributed by atoms with van der Waals surface area (Å²) < 4.78 is 18.0. The van der Waals surface area contributed by atoms with Gasteiger partial charge in [-0.2, -0.15) is 0 Å². The van der Waals surface area contributed by atoms with Crippen LogP contribution in [0.25, 0.3) is 0 Å². The Bertz CT molecular complexity index is 563. The SMILES string of the molecule is Cc1ccc(S(=O)CC[n+]2noc([O-])c2C)cc1. The number of rotatable bonds is 4. The highest BCUT2D eigenvalue weighted by molar-refractivity contribution is 7.85. The van der Waals surface area contributed by atoms with E-state index in [-0.39, 0.29) is 0 Å². The Morgan fingerprint density at radius 2 is 2.00 bits per heavy atom. The second kappa shape index (κ2) is 5.30. The van der Waals surface area contributed by atoms with Gasteiger partial charge in [0.25, 0.3) is 0 Å². The van der Waals surface area contributed by atoms with Gasteiger partial charge in [-0.1, -0.05) is 22.4 Å². The minimum absolute atomic E-state index is 0.401. The van der Waals surface area contributed by atoms with E-state index in [0.717, 1.165) is 10.5 Å². The molecule has 0 radical (unpaired) electrons. The van der Waals surface area contributed by atoms with Gasteiger partial charge in [0, 0.05) is 11.8 Å². The van der Waals surface area contributed by atoms with Crippen LogP contribution in [0.5, 0.6) is 5.95 Å². The fourth-order valence-corrected chi connectivity index (χ4v) is 2.52. The van der Waals surface area contributed by atoms with Crippen LogP contribution in [0.4, 0.5) is 0 Å². The lowest BCUT2D eigenvalue weighted by atomic mass is 10.2. The molecule has 2 aromatic rings. The van der Waals surface area contributed by atoms with Crippen molar-refractivity contribution < 1.29 is 18.5 Å². The Hall–Kier alpha value is -1.69. The highest BCUT2D eigenvalue weighted by atomic mass is 32.2. The van der Waals surface area contributed by atoms with E-state index in [2.05, 4.69) is 9.79 Å². The molecule has 5 nitrogen and oxygen atoms in total. The Labute approximate surface area is 107 Å². The van der Waals surface area contributed by atoms with E-state index in [4.69, 9.17) is 0 Å². The molecule has 0 saturated carbocycles. The summed E-state index contributed by atoms with van der Waals surface area (Å²) in [6.45, 7) is 4.02. The van der Waals surface area contributed by atoms with Crippen LogP contribution in [0.3, 0.4) is 0 Å². The number of benzene rings is 1. The minimum atomic E-state index is -1.10. The average Bonchev–Trinajstić information content (AvgIpc) is 2.68. The molecular weight excluding hydrogens is 252 g/mol. The first-order chi connectivity index (χ1) is 8.58. The number of nitrogens with zero attached hydrogens (tertiary/aromatic N) is 2. The van der Waals surface area contributed by atoms with Gasteiger partial charge in [0.15, 0.2) is 12.5 Å². The Balaban J connectivity index is 2.00. The summed E-state index contributed by atoms with van der Waals surface area (Å²) in [5.74, 6) is -0.0447. The third-order valence-corrected chi connectivity index (χ3v) is 4.03. The molecule has 96 valence electrons. The van der Waals surface area contributed by atoms with Gasteiger partial charge in [-0.25, -0.2) is 0 Å². The second-order valence-electron chi connectivity index (χ2n) is 4.03. The lowest BCUT2D eigenvalue weighted by Crippen LogP contribution is -2.40. The summed E-state index contributed by atoms with van der Waals surface area (Å²) in [4.78, 5) is 0.782. The summed E-state index contributed by atoms with van der Waals surface area (Å²) in [6, 6.07) is 7.56. The molecule has 1 heterocycles. The van der Waals surface area contributed by atoms with E-state index in [0.29, 0.717) is 18.0 Å². The minimum Gasteiger partial charge on any atom is -0.539 e. The Kier molecular flexibility index (Phi) is 3.76. The second-order valence-corrected chi connectivity index (χ2v) is 5.60. The maximum absolute atomic E-state index is 12.0. The van der Waals surface area contributed by atoms with Crippen molar-refractivity contribution in [2.75, 3.05) is 5.75 Å². The molecule has 0 amide bonds. The van der Waals surface area contributed by atoms with Gasteiger partial charge >= 0.3 is 0 Å². The first kappa shape index (κ1) is 12.8. The van der Waals surface area contributed by atoms with E-state index < -0.39 is 16.7 Å². The van der Waals surface area contributed by atoms with E-state index in [1.807, 2.05) is 31.2 Å². The van der Waals surface area contributed by atoms with Gasteiger partial charge in [-0.05, 0) is 19.1 Å². The molecule has 0 N–H and O–H groups in total. The lowest BCUT2D eigenvalue weighted by molar-refractivity contribution is -0.763. The number of aryl methyl sites for hydroxylation is 2. The van der Waals surface area contributed by atoms with Gasteiger partial charge in [-0.3, -0.25) is 4.21 Å². The van der Waals surface area contributed by atoms with Crippen molar-refractivity contribution in [1.29, 1.82) is 0 Å². The monoisotopic (exact) mass is 266 g/mol. The number of aromatic nitrogens is 2. The van der Waals surface area contributed by atoms with Gasteiger partial charge in [-0.15, -0.1) is 0 Å². The fourth-order valence-electron chi connectivity index (χ4n) is 1.50. The zero-order chi connectivity index (χ0) is 13.1. The van der Waals surface area contributed by atoms with E-state index >= 15 is 0 Å². The van der Waals surface area contributed by atoms with Crippen molar-refractivity contribution in [3.8, 4) is 5.95 Å². The lowest BCUT2D eigenvalue weighted by Gasteiger charge is -2.00. The van der Waals surface area contributed by atoms with Crippen LogP contribution in [0.2, 0.25) is 0 Å². The van der Waals surface area contributed by atoms with Gasteiger partial charge in [0.05, 0.1) is 21.8 Å². The van der Waals surface area contributed by atoms with Crippen molar-refractivity contribution in [3.05, 3.63) is 35.5 Å². The average molecular weight is 266 g/mol. The van der Waals surface area contributed by atoms with Gasteiger partial charge in [0.2, 0.25) is 5.69 Å². The van der Waals surface area contributed by atoms with Crippen molar-refractivity contribution in [3.63, 3.8) is 0 Å². The molecule has 0 aliphatic heterocycles. The quantitative estimate of drug-likeness (QED) is 0.754. The Morgan fingerprint density at radius 3 is 2.56 bits per heavy atom. The van der Waals surface area contributed by atoms with E-state index in [1.54, 1.807) is 6.92 Å². The standard InChI is InChI=1S/C12H14N2O3S/c1-9-3-5-11(6-4-9)18(16)8-7-14-10(2)12(15)17-13-14/h3-6H,7-8H2,1-2H3. The Morgan fingerprint density at radius 1 is 1.33 bits per heavy atom. The van der Waals surface area contributed by atoms with Crippen LogP contribution in [0.15, 0.2) is 33.7 Å². The van der Waals surface area contributed by atoms with Crippen LogP contribution in [-0.4, -0.2) is 15.2 Å². The molecule has 1 aromatic carbocycles. The molecule has 2 rings (SSSR count). The van der Waals surface area contributed by atoms with E-state index in [9.17, 15) is 9.32 Å². The molecule has 1 atom stereocenters. The summed E-state index contributed by atoms with van der Waals surface area (Å²) in [6.07, 6.45) is 0. The molecule has 1 unspecified atom stereocenters. The van der Waals surface area contributed by atoms with Crippen molar-refractivity contribution in [2.45, 2.75) is 25.3 Å². The molecule has 6 heteroatoms. The third kappa shape index (κ3) is 2.76. The molecule has 18 heavy (non-hydrogen) atoms. The summed E-state index contributed by atoms with van der Waals surface area (Å²) in [7, 11) is -1.10. The summed E-state index contributed by atoms with van der Waals surface area (Å²) in [5, 5.41) is 14.7. The first-order valence-electron chi connectivity index (χ1n) is 5.56.